The first kappa shape index (κ1) is 48.4. The SMILES string of the molecule is CCOC(=O)N(C)[C@H](C(=O)N[C@H](C(=O)N(C)[C@H]([C@H](CC(=O)N1CCC[C@H]1[C@H](OC)[C@@H](C)C(=O)N[C@@H](C)[C@H](O)c1ccccc1)OC)[C@@H](C)CC)C(C)C)C(C)C. The van der Waals surface area contributed by atoms with Crippen LogP contribution in [0.5, 0.6) is 0 Å². The third-order valence-electron chi connectivity index (χ3n) is 11.3. The first-order chi connectivity index (χ1) is 26.4. The zero-order valence-corrected chi connectivity index (χ0v) is 36.1. The highest BCUT2D eigenvalue weighted by Gasteiger charge is 2.43. The van der Waals surface area contributed by atoms with Crippen LogP contribution >= 0.6 is 0 Å². The Bertz CT molecular complexity index is 1410. The van der Waals surface area contributed by atoms with Crippen LogP contribution in [-0.2, 0) is 33.4 Å². The molecule has 1 aromatic carbocycles. The summed E-state index contributed by atoms with van der Waals surface area (Å²) in [5.41, 5.74) is 0.697. The average Bonchev–Trinajstić information content (AvgIpc) is 3.65. The lowest BCUT2D eigenvalue weighted by Crippen LogP contribution is -2.60. The van der Waals surface area contributed by atoms with Gasteiger partial charge in [-0.2, -0.15) is 0 Å². The van der Waals surface area contributed by atoms with Gasteiger partial charge in [0.15, 0.2) is 0 Å². The standard InChI is InChI=1S/C42H71N5O9/c1-14-27(7)36(45(10)41(52)34(25(3)4)44-40(51)35(26(5)6)46(11)42(53)56-15-2)32(54-12)24-33(48)47-23-19-22-31(47)38(55-13)28(8)39(50)43-29(9)37(49)30-20-17-16-18-21-30/h16-18,20-21,25-29,31-32,34-38,49H,14-15,19,22-24H2,1-13H3,(H,43,50)(H,44,51)/t27-,28+,29-,31-,32-,34-,35-,36-,37-,38+/m0/s1. The highest BCUT2D eigenvalue weighted by atomic mass is 16.6. The Morgan fingerprint density at radius 3 is 2.02 bits per heavy atom. The van der Waals surface area contributed by atoms with Crippen LogP contribution in [0.25, 0.3) is 0 Å². The van der Waals surface area contributed by atoms with Crippen LogP contribution in [0.15, 0.2) is 30.3 Å². The minimum absolute atomic E-state index is 0.0184. The van der Waals surface area contributed by atoms with Gasteiger partial charge >= 0.3 is 6.09 Å². The lowest BCUT2D eigenvalue weighted by Gasteiger charge is -2.41. The summed E-state index contributed by atoms with van der Waals surface area (Å²) < 4.78 is 17.1. The van der Waals surface area contributed by atoms with Crippen molar-refractivity contribution in [1.29, 1.82) is 0 Å². The van der Waals surface area contributed by atoms with E-state index in [4.69, 9.17) is 14.2 Å². The first-order valence-corrected chi connectivity index (χ1v) is 20.2. The van der Waals surface area contributed by atoms with Crippen LogP contribution in [0.4, 0.5) is 4.79 Å². The van der Waals surface area contributed by atoms with E-state index in [-0.39, 0.29) is 54.5 Å². The molecular formula is C42H71N5O9. The third-order valence-corrected chi connectivity index (χ3v) is 11.3. The number of carbonyl (C=O) groups is 5. The number of hydrogen-bond acceptors (Lipinski definition) is 9. The van der Waals surface area contributed by atoms with Gasteiger partial charge in [-0.05, 0) is 50.0 Å². The van der Waals surface area contributed by atoms with Gasteiger partial charge in [-0.3, -0.25) is 24.1 Å². The summed E-state index contributed by atoms with van der Waals surface area (Å²) >= 11 is 0. The van der Waals surface area contributed by atoms with Gasteiger partial charge in [-0.25, -0.2) is 4.79 Å². The number of benzene rings is 1. The van der Waals surface area contributed by atoms with E-state index in [0.29, 0.717) is 24.9 Å². The van der Waals surface area contributed by atoms with Gasteiger partial charge in [0.2, 0.25) is 23.6 Å². The second-order valence-electron chi connectivity index (χ2n) is 16.0. The van der Waals surface area contributed by atoms with E-state index in [2.05, 4.69) is 10.6 Å². The Kier molecular flexibility index (Phi) is 19.8. The van der Waals surface area contributed by atoms with Gasteiger partial charge in [-0.15, -0.1) is 0 Å². The molecule has 1 aliphatic heterocycles. The number of methoxy groups -OCH3 is 2. The fourth-order valence-electron chi connectivity index (χ4n) is 7.92. The fourth-order valence-corrected chi connectivity index (χ4v) is 7.92. The third kappa shape index (κ3) is 12.4. The van der Waals surface area contributed by atoms with Gasteiger partial charge in [0.05, 0.1) is 55.4 Å². The average molecular weight is 790 g/mol. The number of aliphatic hydroxyl groups is 1. The molecule has 1 saturated heterocycles. The van der Waals surface area contributed by atoms with Crippen LogP contribution < -0.4 is 10.6 Å². The smallest absolute Gasteiger partial charge is 0.410 e. The molecule has 14 heteroatoms. The summed E-state index contributed by atoms with van der Waals surface area (Å²) in [6.07, 6.45) is -0.757. The summed E-state index contributed by atoms with van der Waals surface area (Å²) in [6, 6.07) is 5.90. The van der Waals surface area contributed by atoms with Gasteiger partial charge in [0.1, 0.15) is 12.1 Å². The zero-order chi connectivity index (χ0) is 42.4. The summed E-state index contributed by atoms with van der Waals surface area (Å²) in [6.45, 7) is 17.2. The molecule has 0 aliphatic carbocycles. The molecule has 0 saturated carbocycles. The molecule has 56 heavy (non-hydrogen) atoms. The number of hydrogen-bond donors (Lipinski definition) is 3. The Balaban J connectivity index is 2.28. The number of aliphatic hydroxyl groups excluding tert-OH is 1. The molecule has 2 rings (SSSR count). The molecule has 3 N–H and O–H groups in total. The predicted octanol–water partition coefficient (Wildman–Crippen LogP) is 4.40. The molecule has 0 radical (unpaired) electrons. The summed E-state index contributed by atoms with van der Waals surface area (Å²) in [4.78, 5) is 72.9. The predicted molar refractivity (Wildman–Crippen MR) is 215 cm³/mol. The molecule has 0 spiro atoms. The molecule has 5 amide bonds. The highest BCUT2D eigenvalue weighted by molar-refractivity contribution is 5.91. The van der Waals surface area contributed by atoms with E-state index in [9.17, 15) is 29.1 Å². The number of carbonyl (C=O) groups excluding carboxylic acids is 5. The second kappa shape index (κ2) is 22.9. The van der Waals surface area contributed by atoms with E-state index in [0.717, 1.165) is 6.42 Å². The largest absolute Gasteiger partial charge is 0.450 e. The molecule has 1 fully saturated rings. The van der Waals surface area contributed by atoms with Gasteiger partial charge in [-0.1, -0.05) is 85.2 Å². The molecule has 0 unspecified atom stereocenters. The summed E-state index contributed by atoms with van der Waals surface area (Å²) in [5.74, 6) is -2.53. The fraction of sp³-hybridized carbons (Fsp3) is 0.738. The Morgan fingerprint density at radius 1 is 0.875 bits per heavy atom. The van der Waals surface area contributed by atoms with E-state index < -0.39 is 60.4 Å². The number of nitrogens with zero attached hydrogens (tertiary/aromatic N) is 3. The van der Waals surface area contributed by atoms with Gasteiger partial charge in [0.25, 0.3) is 0 Å². The van der Waals surface area contributed by atoms with Crippen molar-refractivity contribution in [1.82, 2.24) is 25.3 Å². The maximum Gasteiger partial charge on any atom is 0.410 e. The van der Waals surface area contributed by atoms with Crippen molar-refractivity contribution < 1.29 is 43.3 Å². The molecule has 1 aromatic rings. The Labute approximate surface area is 335 Å². The maximum absolute atomic E-state index is 14.3. The maximum atomic E-state index is 14.3. The molecule has 318 valence electrons. The second-order valence-corrected chi connectivity index (χ2v) is 16.0. The minimum atomic E-state index is -0.918. The number of amides is 5. The van der Waals surface area contributed by atoms with Crippen molar-refractivity contribution in [3.05, 3.63) is 35.9 Å². The van der Waals surface area contributed by atoms with Crippen molar-refractivity contribution in [3.63, 3.8) is 0 Å². The van der Waals surface area contributed by atoms with Crippen molar-refractivity contribution in [2.75, 3.05) is 41.5 Å². The van der Waals surface area contributed by atoms with Crippen molar-refractivity contribution in [2.24, 2.45) is 23.7 Å². The van der Waals surface area contributed by atoms with Crippen molar-refractivity contribution in [3.8, 4) is 0 Å². The topological polar surface area (TPSA) is 167 Å². The lowest BCUT2D eigenvalue weighted by molar-refractivity contribution is -0.148. The number of likely N-dealkylation sites (tertiary alicyclic amines) is 1. The van der Waals surface area contributed by atoms with Crippen molar-refractivity contribution in [2.45, 2.75) is 137 Å². The van der Waals surface area contributed by atoms with E-state index in [1.807, 2.05) is 71.9 Å². The number of likely N-dealkylation sites (N-methyl/N-ethyl adjacent to an activating group) is 2. The van der Waals surface area contributed by atoms with E-state index in [1.54, 1.807) is 37.6 Å². The minimum Gasteiger partial charge on any atom is -0.450 e. The van der Waals surface area contributed by atoms with Gasteiger partial charge < -0.3 is 39.8 Å². The molecule has 0 aromatic heterocycles. The van der Waals surface area contributed by atoms with Gasteiger partial charge in [0, 0.05) is 34.9 Å². The van der Waals surface area contributed by atoms with Crippen molar-refractivity contribution >= 4 is 29.7 Å². The van der Waals surface area contributed by atoms with E-state index >= 15 is 0 Å². The zero-order valence-electron chi connectivity index (χ0n) is 36.1. The highest BCUT2D eigenvalue weighted by Crippen LogP contribution is 2.30. The Hall–Kier alpha value is -3.75. The van der Waals surface area contributed by atoms with Crippen LogP contribution in [0.2, 0.25) is 0 Å². The quantitative estimate of drug-likeness (QED) is 0.164. The molecule has 1 heterocycles. The van der Waals surface area contributed by atoms with E-state index in [1.165, 1.54) is 26.2 Å². The molecule has 0 bridgehead atoms. The number of ether oxygens (including phenoxy) is 3. The monoisotopic (exact) mass is 790 g/mol. The molecular weight excluding hydrogens is 718 g/mol. The lowest BCUT2D eigenvalue weighted by atomic mass is 9.89. The normalized spacial score (nSPS) is 19.2. The van der Waals surface area contributed by atoms with Crippen LogP contribution in [0, 0.1) is 23.7 Å². The van der Waals surface area contributed by atoms with Crippen LogP contribution in [0.3, 0.4) is 0 Å². The molecule has 1 aliphatic rings. The Morgan fingerprint density at radius 2 is 1.50 bits per heavy atom. The molecule has 14 nitrogen and oxygen atoms in total. The summed E-state index contributed by atoms with van der Waals surface area (Å²) in [5, 5.41) is 16.7. The first-order valence-electron chi connectivity index (χ1n) is 20.2. The molecule has 10 atom stereocenters. The van der Waals surface area contributed by atoms with Crippen LogP contribution in [-0.4, -0.2) is 133 Å². The summed E-state index contributed by atoms with van der Waals surface area (Å²) in [7, 11) is 6.26. The number of nitrogens with one attached hydrogen (secondary N) is 2. The van der Waals surface area contributed by atoms with Crippen LogP contribution in [0.1, 0.15) is 99.7 Å². The number of rotatable bonds is 21.